The highest BCUT2D eigenvalue weighted by Crippen LogP contribution is 2.38. The zero-order chi connectivity index (χ0) is 11.7. The van der Waals surface area contributed by atoms with Crippen LogP contribution < -0.4 is 0 Å². The molecule has 1 atom stereocenters. The third-order valence-electron chi connectivity index (χ3n) is 3.69. The molecule has 0 aromatic rings. The standard InChI is InChI=1S/C11H25NO2Si/c1-11(2,3)15(4,5)14-12-8-6-7-10(12)9-13/h10,13H,6-9H2,1-5H3. The molecule has 0 amide bonds. The Morgan fingerprint density at radius 3 is 2.47 bits per heavy atom. The van der Waals surface area contributed by atoms with E-state index in [2.05, 4.69) is 33.9 Å². The van der Waals surface area contributed by atoms with Gasteiger partial charge in [-0.15, -0.1) is 0 Å². The number of rotatable bonds is 3. The molecule has 1 aliphatic heterocycles. The SMILES string of the molecule is CC(C)(C)[Si](C)(C)ON1CCCC1CO. The molecule has 0 saturated carbocycles. The summed E-state index contributed by atoms with van der Waals surface area (Å²) in [6, 6.07) is 0.221. The summed E-state index contributed by atoms with van der Waals surface area (Å²) >= 11 is 0. The molecule has 1 fully saturated rings. The highest BCUT2D eigenvalue weighted by molar-refractivity contribution is 6.74. The number of aliphatic hydroxyl groups is 1. The number of nitrogens with zero attached hydrogens (tertiary/aromatic N) is 1. The lowest BCUT2D eigenvalue weighted by Gasteiger charge is -2.40. The highest BCUT2D eigenvalue weighted by atomic mass is 28.4. The first-order valence-electron chi connectivity index (χ1n) is 5.84. The van der Waals surface area contributed by atoms with E-state index in [1.807, 2.05) is 5.06 Å². The van der Waals surface area contributed by atoms with Crippen molar-refractivity contribution in [2.75, 3.05) is 13.2 Å². The molecule has 1 rings (SSSR count). The Kier molecular flexibility index (Phi) is 3.98. The van der Waals surface area contributed by atoms with E-state index >= 15 is 0 Å². The van der Waals surface area contributed by atoms with Gasteiger partial charge < -0.3 is 9.63 Å². The van der Waals surface area contributed by atoms with Crippen LogP contribution in [-0.2, 0) is 4.53 Å². The van der Waals surface area contributed by atoms with Gasteiger partial charge in [0.05, 0.1) is 12.6 Å². The van der Waals surface area contributed by atoms with Gasteiger partial charge in [0.2, 0.25) is 8.32 Å². The third kappa shape index (κ3) is 3.03. The largest absolute Gasteiger partial charge is 0.395 e. The summed E-state index contributed by atoms with van der Waals surface area (Å²) in [5.41, 5.74) is 0. The maximum Gasteiger partial charge on any atom is 0.220 e. The lowest BCUT2D eigenvalue weighted by molar-refractivity contribution is -0.0961. The zero-order valence-corrected chi connectivity index (χ0v) is 11.7. The van der Waals surface area contributed by atoms with Gasteiger partial charge in [0.1, 0.15) is 0 Å². The van der Waals surface area contributed by atoms with Gasteiger partial charge in [-0.3, -0.25) is 0 Å². The summed E-state index contributed by atoms with van der Waals surface area (Å²) in [4.78, 5) is 0. The molecule has 0 radical (unpaired) electrons. The first kappa shape index (κ1) is 13.2. The summed E-state index contributed by atoms with van der Waals surface area (Å²) in [5, 5.41) is 11.5. The summed E-state index contributed by atoms with van der Waals surface area (Å²) in [5.74, 6) is 0. The Morgan fingerprint density at radius 1 is 1.40 bits per heavy atom. The van der Waals surface area contributed by atoms with Crippen LogP contribution in [0.5, 0.6) is 0 Å². The number of aliphatic hydroxyl groups excluding tert-OH is 1. The van der Waals surface area contributed by atoms with E-state index in [1.54, 1.807) is 0 Å². The lowest BCUT2D eigenvalue weighted by Crippen LogP contribution is -2.48. The first-order chi connectivity index (χ1) is 6.78. The van der Waals surface area contributed by atoms with E-state index in [0.717, 1.165) is 19.4 Å². The molecule has 1 saturated heterocycles. The predicted molar refractivity (Wildman–Crippen MR) is 65.1 cm³/mol. The van der Waals surface area contributed by atoms with Crippen LogP contribution in [0, 0.1) is 0 Å². The minimum atomic E-state index is -1.71. The van der Waals surface area contributed by atoms with E-state index in [9.17, 15) is 5.11 Å². The van der Waals surface area contributed by atoms with E-state index < -0.39 is 8.32 Å². The van der Waals surface area contributed by atoms with Crippen molar-refractivity contribution < 1.29 is 9.63 Å². The second-order valence-corrected chi connectivity index (χ2v) is 10.7. The van der Waals surface area contributed by atoms with Crippen LogP contribution in [0.2, 0.25) is 18.1 Å². The minimum Gasteiger partial charge on any atom is -0.395 e. The average molecular weight is 231 g/mol. The van der Waals surface area contributed by atoms with E-state index in [0.29, 0.717) is 0 Å². The Morgan fingerprint density at radius 2 is 2.00 bits per heavy atom. The van der Waals surface area contributed by atoms with E-state index in [-0.39, 0.29) is 17.7 Å². The molecule has 0 aromatic carbocycles. The van der Waals surface area contributed by atoms with Gasteiger partial charge in [-0.05, 0) is 31.0 Å². The number of hydroxylamine groups is 2. The van der Waals surface area contributed by atoms with Crippen molar-refractivity contribution in [1.82, 2.24) is 5.06 Å². The molecule has 4 heteroatoms. The number of hydrogen-bond acceptors (Lipinski definition) is 3. The minimum absolute atomic E-state index is 0.217. The van der Waals surface area contributed by atoms with Crippen molar-refractivity contribution in [3.8, 4) is 0 Å². The monoisotopic (exact) mass is 231 g/mol. The molecule has 1 aliphatic rings. The average Bonchev–Trinajstić information content (AvgIpc) is 2.48. The van der Waals surface area contributed by atoms with Crippen LogP contribution in [0.1, 0.15) is 33.6 Å². The second-order valence-electron chi connectivity index (χ2n) is 5.97. The van der Waals surface area contributed by atoms with Crippen molar-refractivity contribution in [2.45, 2.75) is 57.8 Å². The summed E-state index contributed by atoms with van der Waals surface area (Å²) in [6.07, 6.45) is 2.20. The van der Waals surface area contributed by atoms with Gasteiger partial charge in [0.25, 0.3) is 0 Å². The fourth-order valence-electron chi connectivity index (χ4n) is 1.54. The van der Waals surface area contributed by atoms with Crippen molar-refractivity contribution in [3.05, 3.63) is 0 Å². The molecular formula is C11H25NO2Si. The number of hydrogen-bond donors (Lipinski definition) is 1. The molecule has 1 heterocycles. The predicted octanol–water partition coefficient (Wildman–Crippen LogP) is 2.38. The lowest BCUT2D eigenvalue weighted by atomic mass is 10.2. The van der Waals surface area contributed by atoms with Crippen molar-refractivity contribution in [3.63, 3.8) is 0 Å². The third-order valence-corrected chi connectivity index (χ3v) is 7.99. The van der Waals surface area contributed by atoms with Gasteiger partial charge in [0.15, 0.2) is 0 Å². The maximum absolute atomic E-state index is 9.23. The van der Waals surface area contributed by atoms with Crippen LogP contribution in [-0.4, -0.2) is 37.7 Å². The molecule has 0 aromatic heterocycles. The molecule has 1 N–H and O–H groups in total. The maximum atomic E-state index is 9.23. The Balaban J connectivity index is 2.60. The summed E-state index contributed by atoms with van der Waals surface area (Å²) in [6.45, 7) is 12.4. The summed E-state index contributed by atoms with van der Waals surface area (Å²) in [7, 11) is -1.71. The van der Waals surface area contributed by atoms with Crippen LogP contribution in [0.25, 0.3) is 0 Å². The van der Waals surface area contributed by atoms with Crippen molar-refractivity contribution in [2.24, 2.45) is 0 Å². The van der Waals surface area contributed by atoms with Gasteiger partial charge in [-0.1, -0.05) is 20.8 Å². The molecule has 3 nitrogen and oxygen atoms in total. The van der Waals surface area contributed by atoms with Gasteiger partial charge in [0, 0.05) is 6.54 Å². The molecule has 90 valence electrons. The molecule has 0 aliphatic carbocycles. The van der Waals surface area contributed by atoms with Crippen molar-refractivity contribution >= 4 is 8.32 Å². The Labute approximate surface area is 94.5 Å². The molecule has 0 spiro atoms. The fraction of sp³-hybridized carbons (Fsp3) is 1.00. The van der Waals surface area contributed by atoms with Crippen LogP contribution in [0.15, 0.2) is 0 Å². The fourth-order valence-corrected chi connectivity index (χ4v) is 2.64. The summed E-state index contributed by atoms with van der Waals surface area (Å²) < 4.78 is 6.18. The second kappa shape index (κ2) is 4.53. The Hall–Kier alpha value is 0.0969. The molecular weight excluding hydrogens is 206 g/mol. The smallest absolute Gasteiger partial charge is 0.220 e. The van der Waals surface area contributed by atoms with Crippen LogP contribution in [0.3, 0.4) is 0 Å². The van der Waals surface area contributed by atoms with Gasteiger partial charge in [-0.25, -0.2) is 0 Å². The van der Waals surface area contributed by atoms with Gasteiger partial charge >= 0.3 is 0 Å². The molecule has 0 bridgehead atoms. The normalized spacial score (nSPS) is 24.8. The first-order valence-corrected chi connectivity index (χ1v) is 8.75. The molecule has 15 heavy (non-hydrogen) atoms. The molecule has 1 unspecified atom stereocenters. The highest BCUT2D eigenvalue weighted by Gasteiger charge is 2.41. The quantitative estimate of drug-likeness (QED) is 0.757. The van der Waals surface area contributed by atoms with E-state index in [1.165, 1.54) is 0 Å². The van der Waals surface area contributed by atoms with Crippen LogP contribution in [0.4, 0.5) is 0 Å². The topological polar surface area (TPSA) is 32.7 Å². The Bertz CT molecular complexity index is 213. The van der Waals surface area contributed by atoms with Crippen molar-refractivity contribution in [1.29, 1.82) is 0 Å². The van der Waals surface area contributed by atoms with Crippen LogP contribution >= 0.6 is 0 Å². The van der Waals surface area contributed by atoms with Gasteiger partial charge in [-0.2, -0.15) is 5.06 Å². The zero-order valence-electron chi connectivity index (χ0n) is 10.7. The van der Waals surface area contributed by atoms with E-state index in [4.69, 9.17) is 4.53 Å².